The van der Waals surface area contributed by atoms with Gasteiger partial charge in [-0.05, 0) is 43.3 Å². The van der Waals surface area contributed by atoms with E-state index >= 15 is 0 Å². The molecule has 0 heterocycles. The number of anilines is 1. The number of amides is 1. The van der Waals surface area contributed by atoms with Crippen molar-refractivity contribution in [1.29, 1.82) is 0 Å². The van der Waals surface area contributed by atoms with E-state index in [4.69, 9.17) is 16.3 Å². The monoisotopic (exact) mass is 387 g/mol. The lowest BCUT2D eigenvalue weighted by molar-refractivity contribution is -0.894. The molecule has 0 bridgehead atoms. The highest BCUT2D eigenvalue weighted by Gasteiger charge is 2.24. The van der Waals surface area contributed by atoms with Gasteiger partial charge in [0.25, 0.3) is 5.91 Å². The zero-order chi connectivity index (χ0) is 19.3. The van der Waals surface area contributed by atoms with E-state index in [-0.39, 0.29) is 0 Å². The average molecular weight is 388 g/mol. The summed E-state index contributed by atoms with van der Waals surface area (Å²) in [5.41, 5.74) is -0.397. The summed E-state index contributed by atoms with van der Waals surface area (Å²) < 4.78 is 45.4. The fourth-order valence-corrected chi connectivity index (χ4v) is 2.29. The first-order valence-corrected chi connectivity index (χ1v) is 8.32. The van der Waals surface area contributed by atoms with E-state index in [1.54, 1.807) is 38.2 Å². The third-order valence-corrected chi connectivity index (χ3v) is 4.26. The van der Waals surface area contributed by atoms with Crippen LogP contribution in [-0.4, -0.2) is 32.1 Å². The molecule has 26 heavy (non-hydrogen) atoms. The predicted octanol–water partition coefficient (Wildman–Crippen LogP) is 2.68. The van der Waals surface area contributed by atoms with E-state index in [0.29, 0.717) is 23.9 Å². The number of halogens is 4. The molecule has 0 spiro atoms. The van der Waals surface area contributed by atoms with Crippen LogP contribution in [-0.2, 0) is 4.79 Å². The highest BCUT2D eigenvalue weighted by molar-refractivity contribution is 6.30. The number of hydrogen-bond acceptors (Lipinski definition) is 2. The molecule has 1 amide bonds. The van der Waals surface area contributed by atoms with Crippen LogP contribution in [0.3, 0.4) is 0 Å². The number of benzene rings is 2. The van der Waals surface area contributed by atoms with Gasteiger partial charge in [0, 0.05) is 5.02 Å². The van der Waals surface area contributed by atoms with Gasteiger partial charge in [-0.1, -0.05) is 11.6 Å². The Balaban J connectivity index is 1.87. The molecule has 2 aromatic rings. The van der Waals surface area contributed by atoms with E-state index in [1.807, 2.05) is 0 Å². The predicted molar refractivity (Wildman–Crippen MR) is 93.1 cm³/mol. The largest absolute Gasteiger partial charge is 0.488 e. The lowest BCUT2D eigenvalue weighted by Crippen LogP contribution is -3.14. The van der Waals surface area contributed by atoms with Gasteiger partial charge in [-0.25, -0.2) is 13.2 Å². The van der Waals surface area contributed by atoms with E-state index in [9.17, 15) is 18.0 Å². The summed E-state index contributed by atoms with van der Waals surface area (Å²) in [7, 11) is 1.77. The Hall–Kier alpha value is -2.25. The second-order valence-corrected chi connectivity index (χ2v) is 6.27. The topological polar surface area (TPSA) is 42.8 Å². The standard InChI is InChI=1S/C18H18ClF3N2O2/c1-11(18(25)23-15-8-7-14(20)16(21)17(15)22)24(2)9-10-26-13-5-3-12(19)4-6-13/h3-8,11H,9-10H2,1-2H3,(H,23,25)/p+1/t11-/m1/s1. The minimum atomic E-state index is -1.62. The first-order valence-electron chi connectivity index (χ1n) is 7.94. The van der Waals surface area contributed by atoms with Crippen LogP contribution in [0.15, 0.2) is 36.4 Å². The second kappa shape index (κ2) is 8.91. The summed E-state index contributed by atoms with van der Waals surface area (Å²) in [6.45, 7) is 2.49. The summed E-state index contributed by atoms with van der Waals surface area (Å²) in [6, 6.07) is 8.07. The van der Waals surface area contributed by atoms with E-state index in [2.05, 4.69) is 5.32 Å². The molecule has 0 aliphatic heterocycles. The van der Waals surface area contributed by atoms with Crippen LogP contribution < -0.4 is 15.0 Å². The molecule has 2 aromatic carbocycles. The molecule has 140 valence electrons. The molecular formula is C18H19ClF3N2O2+. The Morgan fingerprint density at radius 2 is 1.81 bits per heavy atom. The van der Waals surface area contributed by atoms with E-state index < -0.39 is 35.1 Å². The maximum absolute atomic E-state index is 13.6. The van der Waals surface area contributed by atoms with Gasteiger partial charge in [-0.2, -0.15) is 0 Å². The first kappa shape index (κ1) is 20.1. The lowest BCUT2D eigenvalue weighted by atomic mass is 10.2. The van der Waals surface area contributed by atoms with Gasteiger partial charge < -0.3 is 15.0 Å². The number of rotatable bonds is 7. The molecule has 4 nitrogen and oxygen atoms in total. The number of hydrogen-bond donors (Lipinski definition) is 2. The molecule has 0 aromatic heterocycles. The Morgan fingerprint density at radius 3 is 2.46 bits per heavy atom. The first-order chi connectivity index (χ1) is 12.3. The molecule has 2 rings (SSSR count). The summed E-state index contributed by atoms with van der Waals surface area (Å²) in [5, 5.41) is 2.88. The molecule has 0 saturated heterocycles. The maximum Gasteiger partial charge on any atom is 0.282 e. The highest BCUT2D eigenvalue weighted by atomic mass is 35.5. The molecule has 0 saturated carbocycles. The highest BCUT2D eigenvalue weighted by Crippen LogP contribution is 2.19. The SMILES string of the molecule is C[C@H](C(=O)Nc1ccc(F)c(F)c1F)[NH+](C)CCOc1ccc(Cl)cc1. The van der Waals surface area contributed by atoms with Gasteiger partial charge >= 0.3 is 0 Å². The molecule has 2 atom stereocenters. The van der Waals surface area contributed by atoms with Gasteiger partial charge in [0.15, 0.2) is 23.5 Å². The second-order valence-electron chi connectivity index (χ2n) is 5.83. The van der Waals surface area contributed by atoms with Crippen molar-refractivity contribution in [2.75, 3.05) is 25.5 Å². The van der Waals surface area contributed by atoms with Crippen LogP contribution in [0.2, 0.25) is 5.02 Å². The third-order valence-electron chi connectivity index (χ3n) is 4.00. The quantitative estimate of drug-likeness (QED) is 0.717. The summed E-state index contributed by atoms with van der Waals surface area (Å²) in [5.74, 6) is -4.21. The summed E-state index contributed by atoms with van der Waals surface area (Å²) in [4.78, 5) is 13.0. The van der Waals surface area contributed by atoms with Crippen molar-refractivity contribution in [3.63, 3.8) is 0 Å². The van der Waals surface area contributed by atoms with Crippen LogP contribution in [0.4, 0.5) is 18.9 Å². The van der Waals surface area contributed by atoms with E-state index in [0.717, 1.165) is 17.0 Å². The van der Waals surface area contributed by atoms with Gasteiger partial charge in [0.2, 0.25) is 0 Å². The molecule has 8 heteroatoms. The average Bonchev–Trinajstić information content (AvgIpc) is 2.63. The van der Waals surface area contributed by atoms with Crippen molar-refractivity contribution in [3.05, 3.63) is 58.9 Å². The summed E-state index contributed by atoms with van der Waals surface area (Å²) in [6.07, 6.45) is 0. The Labute approximate surface area is 154 Å². The van der Waals surface area contributed by atoms with Crippen LogP contribution >= 0.6 is 11.6 Å². The zero-order valence-corrected chi connectivity index (χ0v) is 15.0. The van der Waals surface area contributed by atoms with Crippen molar-refractivity contribution >= 4 is 23.2 Å². The smallest absolute Gasteiger partial charge is 0.282 e. The molecule has 0 aliphatic carbocycles. The minimum Gasteiger partial charge on any atom is -0.488 e. The van der Waals surface area contributed by atoms with Crippen molar-refractivity contribution in [1.82, 2.24) is 0 Å². The lowest BCUT2D eigenvalue weighted by Gasteiger charge is -2.21. The minimum absolute atomic E-state index is 0.352. The van der Waals surface area contributed by atoms with Gasteiger partial charge in [-0.15, -0.1) is 0 Å². The maximum atomic E-state index is 13.6. The van der Waals surface area contributed by atoms with Gasteiger partial charge in [0.1, 0.15) is 18.9 Å². The van der Waals surface area contributed by atoms with Gasteiger partial charge in [0.05, 0.1) is 12.7 Å². The fourth-order valence-electron chi connectivity index (χ4n) is 2.16. The fraction of sp³-hybridized carbons (Fsp3) is 0.278. The number of quaternary nitrogens is 1. The molecule has 0 fully saturated rings. The molecule has 2 N–H and O–H groups in total. The normalized spacial score (nSPS) is 13.2. The van der Waals surface area contributed by atoms with Crippen LogP contribution in [0.1, 0.15) is 6.92 Å². The Kier molecular flexibility index (Phi) is 6.88. The molecule has 0 radical (unpaired) electrons. The van der Waals surface area contributed by atoms with Gasteiger partial charge in [-0.3, -0.25) is 4.79 Å². The number of ether oxygens (including phenoxy) is 1. The van der Waals surface area contributed by atoms with Crippen molar-refractivity contribution in [3.8, 4) is 5.75 Å². The number of nitrogens with one attached hydrogen (secondary N) is 2. The van der Waals surface area contributed by atoms with Crippen LogP contribution in [0.5, 0.6) is 5.75 Å². The molecule has 1 unspecified atom stereocenters. The molecule has 0 aliphatic rings. The van der Waals surface area contributed by atoms with Crippen molar-refractivity contribution in [2.24, 2.45) is 0 Å². The van der Waals surface area contributed by atoms with Crippen LogP contribution in [0, 0.1) is 17.5 Å². The summed E-state index contributed by atoms with van der Waals surface area (Å²) >= 11 is 5.79. The Bertz CT molecular complexity index is 772. The van der Waals surface area contributed by atoms with E-state index in [1.165, 1.54) is 0 Å². The Morgan fingerprint density at radius 1 is 1.15 bits per heavy atom. The number of carbonyl (C=O) groups excluding carboxylic acids is 1. The van der Waals surface area contributed by atoms with Crippen molar-refractivity contribution < 1.29 is 27.6 Å². The van der Waals surface area contributed by atoms with Crippen molar-refractivity contribution in [2.45, 2.75) is 13.0 Å². The number of likely N-dealkylation sites (N-methyl/N-ethyl adjacent to an activating group) is 1. The third kappa shape index (κ3) is 5.12. The molecular weight excluding hydrogens is 369 g/mol. The zero-order valence-electron chi connectivity index (χ0n) is 14.3. The van der Waals surface area contributed by atoms with Crippen LogP contribution in [0.25, 0.3) is 0 Å². The number of carbonyl (C=O) groups is 1.